The summed E-state index contributed by atoms with van der Waals surface area (Å²) in [6, 6.07) is 32.6. The van der Waals surface area contributed by atoms with Gasteiger partial charge < -0.3 is 4.74 Å². The van der Waals surface area contributed by atoms with Gasteiger partial charge in [-0.2, -0.15) is 5.10 Å². The fourth-order valence-electron chi connectivity index (χ4n) is 7.60. The third-order valence-electron chi connectivity index (χ3n) is 10.1. The normalized spacial score (nSPS) is 12.0. The van der Waals surface area contributed by atoms with Gasteiger partial charge in [-0.3, -0.25) is 4.57 Å². The van der Waals surface area contributed by atoms with Crippen molar-refractivity contribution in [3.63, 3.8) is 0 Å². The molecule has 5 nitrogen and oxygen atoms in total. The zero-order valence-electron chi connectivity index (χ0n) is 31.6. The summed E-state index contributed by atoms with van der Waals surface area (Å²) in [6.45, 7) is 20.1. The highest BCUT2D eigenvalue weighted by molar-refractivity contribution is 6.09. The molecule has 0 atom stereocenters. The van der Waals surface area contributed by atoms with E-state index in [4.69, 9.17) is 14.8 Å². The molecule has 0 saturated carbocycles. The lowest BCUT2D eigenvalue weighted by molar-refractivity contribution is 0.478. The number of aryl methyl sites for hydroxylation is 3. The van der Waals surface area contributed by atoms with Crippen LogP contribution >= 0.6 is 0 Å². The van der Waals surface area contributed by atoms with E-state index in [1.54, 1.807) is 0 Å². The van der Waals surface area contributed by atoms with Gasteiger partial charge in [0, 0.05) is 40.4 Å². The summed E-state index contributed by atoms with van der Waals surface area (Å²) in [7, 11) is 0. The molecule has 0 fully saturated rings. The standard InChI is InChI=1S/C46H50N4O/c1-10-33-15-14-16-34(11-2)45(33)44-30(5)48-50(31(44)6)36-25-35(46(7,8)9)26-38(27-36)51-37-19-20-40-39-17-12-13-18-41(39)49(42(40)28-37)43-24-32(21-22-47-43)23-29(3)4/h12-22,24-29H,10-11,23H2,1-9H3. The van der Waals surface area contributed by atoms with Gasteiger partial charge in [0.15, 0.2) is 0 Å². The van der Waals surface area contributed by atoms with Crippen LogP contribution in [0.2, 0.25) is 0 Å². The van der Waals surface area contributed by atoms with Crippen LogP contribution in [-0.4, -0.2) is 19.3 Å². The van der Waals surface area contributed by atoms with Crippen molar-refractivity contribution >= 4 is 21.8 Å². The summed E-state index contributed by atoms with van der Waals surface area (Å²) < 4.78 is 11.2. The lowest BCUT2D eigenvalue weighted by Crippen LogP contribution is -2.12. The van der Waals surface area contributed by atoms with Gasteiger partial charge >= 0.3 is 0 Å². The molecule has 3 aromatic heterocycles. The number of aromatic nitrogens is 4. The van der Waals surface area contributed by atoms with Crippen LogP contribution in [0.1, 0.15) is 82.1 Å². The van der Waals surface area contributed by atoms with Crippen LogP contribution in [0, 0.1) is 19.8 Å². The maximum Gasteiger partial charge on any atom is 0.137 e. The summed E-state index contributed by atoms with van der Waals surface area (Å²) >= 11 is 0. The number of fused-ring (bicyclic) bond motifs is 3. The van der Waals surface area contributed by atoms with E-state index in [1.807, 2.05) is 6.20 Å². The number of benzene rings is 4. The molecular formula is C46H50N4O. The monoisotopic (exact) mass is 674 g/mol. The lowest BCUT2D eigenvalue weighted by atomic mass is 9.86. The Balaban J connectivity index is 1.35. The molecule has 0 aliphatic carbocycles. The molecule has 0 unspecified atom stereocenters. The first-order chi connectivity index (χ1) is 24.5. The Bertz CT molecular complexity index is 2360. The molecule has 7 aromatic rings. The van der Waals surface area contributed by atoms with Gasteiger partial charge in [-0.05, 0) is 115 Å². The van der Waals surface area contributed by atoms with Crippen molar-refractivity contribution in [2.45, 2.75) is 87.0 Å². The second-order valence-corrected chi connectivity index (χ2v) is 15.3. The predicted molar refractivity (Wildman–Crippen MR) is 213 cm³/mol. The Hall–Kier alpha value is -5.16. The summed E-state index contributed by atoms with van der Waals surface area (Å²) in [5.41, 5.74) is 13.0. The second kappa shape index (κ2) is 13.5. The quantitative estimate of drug-likeness (QED) is 0.153. The van der Waals surface area contributed by atoms with Crippen molar-refractivity contribution in [2.24, 2.45) is 5.92 Å². The lowest BCUT2D eigenvalue weighted by Gasteiger charge is -2.22. The maximum absolute atomic E-state index is 6.81. The van der Waals surface area contributed by atoms with E-state index in [0.29, 0.717) is 5.92 Å². The topological polar surface area (TPSA) is 44.9 Å². The number of hydrogen-bond donors (Lipinski definition) is 0. The molecular weight excluding hydrogens is 625 g/mol. The molecule has 0 N–H and O–H groups in total. The molecule has 5 heteroatoms. The molecule has 0 amide bonds. The summed E-state index contributed by atoms with van der Waals surface area (Å²) in [5.74, 6) is 3.05. The molecule has 3 heterocycles. The fourth-order valence-corrected chi connectivity index (χ4v) is 7.60. The number of nitrogens with zero attached hydrogens (tertiary/aromatic N) is 4. The van der Waals surface area contributed by atoms with Gasteiger partial charge in [0.25, 0.3) is 0 Å². The second-order valence-electron chi connectivity index (χ2n) is 15.3. The van der Waals surface area contributed by atoms with E-state index in [-0.39, 0.29) is 5.41 Å². The molecule has 0 aliphatic heterocycles. The fraction of sp³-hybridized carbons (Fsp3) is 0.304. The predicted octanol–water partition coefficient (Wildman–Crippen LogP) is 12.1. The Labute approximate surface area is 302 Å². The van der Waals surface area contributed by atoms with Gasteiger partial charge in [-0.15, -0.1) is 0 Å². The Morgan fingerprint density at radius 1 is 0.725 bits per heavy atom. The van der Waals surface area contributed by atoms with Crippen LogP contribution in [0.25, 0.3) is 44.4 Å². The van der Waals surface area contributed by atoms with Crippen molar-refractivity contribution in [3.8, 4) is 34.1 Å². The maximum atomic E-state index is 6.81. The largest absolute Gasteiger partial charge is 0.457 e. The van der Waals surface area contributed by atoms with Gasteiger partial charge in [0.05, 0.1) is 22.4 Å². The Morgan fingerprint density at radius 3 is 2.16 bits per heavy atom. The highest BCUT2D eigenvalue weighted by Crippen LogP contribution is 2.39. The first-order valence-corrected chi connectivity index (χ1v) is 18.5. The molecule has 7 rings (SSSR count). The average molecular weight is 675 g/mol. The summed E-state index contributed by atoms with van der Waals surface area (Å²) in [5, 5.41) is 7.54. The van der Waals surface area contributed by atoms with Crippen molar-refractivity contribution in [1.82, 2.24) is 19.3 Å². The zero-order chi connectivity index (χ0) is 36.0. The Morgan fingerprint density at radius 2 is 1.45 bits per heavy atom. The van der Waals surface area contributed by atoms with Crippen LogP contribution in [0.4, 0.5) is 0 Å². The van der Waals surface area contributed by atoms with E-state index >= 15 is 0 Å². The van der Waals surface area contributed by atoms with Crippen LogP contribution in [-0.2, 0) is 24.7 Å². The minimum absolute atomic E-state index is 0.0969. The molecule has 0 saturated heterocycles. The van der Waals surface area contributed by atoms with Crippen LogP contribution < -0.4 is 4.74 Å². The van der Waals surface area contributed by atoms with Crippen LogP contribution in [0.3, 0.4) is 0 Å². The number of hydrogen-bond acceptors (Lipinski definition) is 3. The minimum atomic E-state index is -0.0969. The smallest absolute Gasteiger partial charge is 0.137 e. The zero-order valence-corrected chi connectivity index (χ0v) is 31.6. The van der Waals surface area contributed by atoms with E-state index < -0.39 is 0 Å². The highest BCUT2D eigenvalue weighted by atomic mass is 16.5. The summed E-state index contributed by atoms with van der Waals surface area (Å²) in [4.78, 5) is 4.86. The number of ether oxygens (including phenoxy) is 1. The van der Waals surface area contributed by atoms with Crippen molar-refractivity contribution < 1.29 is 4.74 Å². The average Bonchev–Trinajstić information content (AvgIpc) is 3.59. The van der Waals surface area contributed by atoms with Crippen LogP contribution in [0.5, 0.6) is 11.5 Å². The SMILES string of the molecule is CCc1cccc(CC)c1-c1c(C)nn(-c2cc(Oc3ccc4c5ccccc5n(-c5cc(CC(C)C)ccn5)c4c3)cc(C(C)(C)C)c2)c1C. The minimum Gasteiger partial charge on any atom is -0.457 e. The van der Waals surface area contributed by atoms with Gasteiger partial charge in [-0.25, -0.2) is 9.67 Å². The molecule has 0 radical (unpaired) electrons. The number of pyridine rings is 1. The Kier molecular flexibility index (Phi) is 9.09. The molecule has 51 heavy (non-hydrogen) atoms. The summed E-state index contributed by atoms with van der Waals surface area (Å²) in [6.07, 6.45) is 4.90. The molecule has 0 bridgehead atoms. The number of para-hydroxylation sites is 1. The highest BCUT2D eigenvalue weighted by Gasteiger charge is 2.23. The van der Waals surface area contributed by atoms with Crippen molar-refractivity contribution in [2.75, 3.05) is 0 Å². The van der Waals surface area contributed by atoms with Gasteiger partial charge in [-0.1, -0.05) is 84.9 Å². The third kappa shape index (κ3) is 6.46. The number of rotatable bonds is 9. The molecule has 0 aliphatic rings. The van der Waals surface area contributed by atoms with Gasteiger partial charge in [0.1, 0.15) is 17.3 Å². The van der Waals surface area contributed by atoms with Crippen molar-refractivity contribution in [3.05, 3.63) is 131 Å². The first kappa shape index (κ1) is 34.3. The van der Waals surface area contributed by atoms with E-state index in [0.717, 1.165) is 64.7 Å². The molecule has 4 aromatic carbocycles. The third-order valence-corrected chi connectivity index (χ3v) is 10.1. The van der Waals surface area contributed by atoms with E-state index in [9.17, 15) is 0 Å². The van der Waals surface area contributed by atoms with Crippen LogP contribution in [0.15, 0.2) is 97.2 Å². The van der Waals surface area contributed by atoms with Crippen molar-refractivity contribution in [1.29, 1.82) is 0 Å². The van der Waals surface area contributed by atoms with E-state index in [2.05, 4.69) is 163 Å². The van der Waals surface area contributed by atoms with Gasteiger partial charge in [0.2, 0.25) is 0 Å². The molecule has 260 valence electrons. The van der Waals surface area contributed by atoms with E-state index in [1.165, 1.54) is 44.2 Å². The first-order valence-electron chi connectivity index (χ1n) is 18.5. The molecule has 0 spiro atoms.